The van der Waals surface area contributed by atoms with E-state index < -0.39 is 5.97 Å². The van der Waals surface area contributed by atoms with Gasteiger partial charge in [-0.1, -0.05) is 11.6 Å². The summed E-state index contributed by atoms with van der Waals surface area (Å²) in [7, 11) is 0. The summed E-state index contributed by atoms with van der Waals surface area (Å²) in [4.78, 5) is 15.3. The van der Waals surface area contributed by atoms with Gasteiger partial charge in [-0.25, -0.2) is 9.78 Å². The van der Waals surface area contributed by atoms with Gasteiger partial charge in [0.15, 0.2) is 0 Å². The van der Waals surface area contributed by atoms with E-state index in [0.717, 1.165) is 0 Å². The number of pyridine rings is 1. The molecule has 0 aliphatic rings. The Morgan fingerprint density at radius 1 is 1.65 bits per heavy atom. The van der Waals surface area contributed by atoms with Crippen LogP contribution in [0.15, 0.2) is 12.3 Å². The summed E-state index contributed by atoms with van der Waals surface area (Å²) in [6.07, 6.45) is 4.16. The number of anilines is 1. The lowest BCUT2D eigenvalue weighted by Gasteiger charge is -2.15. The molecule has 0 fully saturated rings. The number of carbonyl (C=O) groups excluding carboxylic acids is 1. The Kier molecular flexibility index (Phi) is 6.01. The number of nitriles is 1. The molecule has 1 N–H and O–H groups in total. The molecule has 0 amide bonds. The maximum Gasteiger partial charge on any atom is 0.330 e. The molecule has 0 aliphatic carbocycles. The first-order valence-corrected chi connectivity index (χ1v) is 6.57. The van der Waals surface area contributed by atoms with Crippen LogP contribution in [0.3, 0.4) is 0 Å². The normalized spacial score (nSPS) is 10.6. The highest BCUT2D eigenvalue weighted by Gasteiger charge is 2.13. The Labute approximate surface area is 123 Å². The van der Waals surface area contributed by atoms with Crippen LogP contribution in [0.4, 0.5) is 5.69 Å². The number of aromatic nitrogens is 1. The van der Waals surface area contributed by atoms with Gasteiger partial charge in [0, 0.05) is 23.9 Å². The Bertz CT molecular complexity index is 562. The summed E-state index contributed by atoms with van der Waals surface area (Å²) < 4.78 is 4.81. The van der Waals surface area contributed by atoms with Crippen molar-refractivity contribution in [2.75, 3.05) is 11.9 Å². The Balaban J connectivity index is 3.22. The van der Waals surface area contributed by atoms with Crippen LogP contribution in [0.25, 0.3) is 6.08 Å². The molecule has 20 heavy (non-hydrogen) atoms. The summed E-state index contributed by atoms with van der Waals surface area (Å²) >= 11 is 6.04. The number of carbonyl (C=O) groups is 1. The first-order valence-electron chi connectivity index (χ1n) is 6.19. The van der Waals surface area contributed by atoms with Crippen LogP contribution in [0.2, 0.25) is 5.15 Å². The molecule has 0 bridgehead atoms. The van der Waals surface area contributed by atoms with E-state index in [1.165, 1.54) is 18.3 Å². The Hall–Kier alpha value is -2.06. The second-order valence-electron chi connectivity index (χ2n) is 4.25. The van der Waals surface area contributed by atoms with E-state index in [9.17, 15) is 4.79 Å². The lowest BCUT2D eigenvalue weighted by Crippen LogP contribution is -2.13. The standard InChI is InChI=1S/C14H16ClN3O2/c1-4-20-12(19)6-5-11-13(18-9(2)3)10(7-16)8-17-14(11)15/h5-6,8-9H,4H2,1-3H3,(H,17,18)/b6-5+. The molecule has 5 nitrogen and oxygen atoms in total. The average molecular weight is 294 g/mol. The number of rotatable bonds is 5. The van der Waals surface area contributed by atoms with Gasteiger partial charge in [0.2, 0.25) is 0 Å². The van der Waals surface area contributed by atoms with Crippen LogP contribution in [0, 0.1) is 11.3 Å². The molecule has 0 unspecified atom stereocenters. The van der Waals surface area contributed by atoms with E-state index >= 15 is 0 Å². The summed E-state index contributed by atoms with van der Waals surface area (Å²) in [5, 5.41) is 12.5. The minimum atomic E-state index is -0.471. The van der Waals surface area contributed by atoms with Crippen molar-refractivity contribution in [1.29, 1.82) is 5.26 Å². The lowest BCUT2D eigenvalue weighted by molar-refractivity contribution is -0.137. The first kappa shape index (κ1) is 16.0. The second kappa shape index (κ2) is 7.51. The van der Waals surface area contributed by atoms with Gasteiger partial charge in [-0.3, -0.25) is 0 Å². The summed E-state index contributed by atoms with van der Waals surface area (Å²) in [5.74, 6) is -0.471. The van der Waals surface area contributed by atoms with E-state index in [4.69, 9.17) is 21.6 Å². The number of ether oxygens (including phenoxy) is 1. The maximum absolute atomic E-state index is 11.4. The number of hydrogen-bond acceptors (Lipinski definition) is 5. The summed E-state index contributed by atoms with van der Waals surface area (Å²) in [6, 6.07) is 2.15. The van der Waals surface area contributed by atoms with Gasteiger partial charge in [-0.15, -0.1) is 0 Å². The van der Waals surface area contributed by atoms with Gasteiger partial charge in [0.25, 0.3) is 0 Å². The Morgan fingerprint density at radius 3 is 2.90 bits per heavy atom. The highest BCUT2D eigenvalue weighted by molar-refractivity contribution is 6.31. The fourth-order valence-electron chi connectivity index (χ4n) is 1.53. The van der Waals surface area contributed by atoms with Crippen LogP contribution in [0.1, 0.15) is 31.9 Å². The quantitative estimate of drug-likeness (QED) is 0.513. The number of esters is 1. The van der Waals surface area contributed by atoms with E-state index in [-0.39, 0.29) is 11.2 Å². The number of hydrogen-bond donors (Lipinski definition) is 1. The van der Waals surface area contributed by atoms with Crippen molar-refractivity contribution in [3.8, 4) is 6.07 Å². The molecule has 106 valence electrons. The third-order valence-electron chi connectivity index (χ3n) is 2.29. The topological polar surface area (TPSA) is 75.0 Å². The third-order valence-corrected chi connectivity index (χ3v) is 2.60. The molecule has 0 atom stereocenters. The molecule has 1 aromatic heterocycles. The molecule has 0 aliphatic heterocycles. The predicted octanol–water partition coefficient (Wildman–Crippen LogP) is 3.00. The van der Waals surface area contributed by atoms with Gasteiger partial charge in [0.1, 0.15) is 11.2 Å². The van der Waals surface area contributed by atoms with Crippen LogP contribution < -0.4 is 5.32 Å². The molecule has 0 saturated carbocycles. The van der Waals surface area contributed by atoms with E-state index in [1.807, 2.05) is 19.9 Å². The minimum Gasteiger partial charge on any atom is -0.463 e. The zero-order valence-electron chi connectivity index (χ0n) is 11.6. The highest BCUT2D eigenvalue weighted by Crippen LogP contribution is 2.28. The molecule has 1 aromatic rings. The van der Waals surface area contributed by atoms with E-state index in [2.05, 4.69) is 10.3 Å². The van der Waals surface area contributed by atoms with Crippen LogP contribution in [0.5, 0.6) is 0 Å². The van der Waals surface area contributed by atoms with Gasteiger partial charge in [-0.2, -0.15) is 5.26 Å². The zero-order chi connectivity index (χ0) is 15.1. The molecular weight excluding hydrogens is 278 g/mol. The Morgan fingerprint density at radius 2 is 2.35 bits per heavy atom. The summed E-state index contributed by atoms with van der Waals surface area (Å²) in [5.41, 5.74) is 1.42. The fraction of sp³-hybridized carbons (Fsp3) is 0.357. The highest BCUT2D eigenvalue weighted by atomic mass is 35.5. The van der Waals surface area contributed by atoms with Crippen molar-refractivity contribution in [3.05, 3.63) is 28.6 Å². The van der Waals surface area contributed by atoms with Gasteiger partial charge in [0.05, 0.1) is 17.9 Å². The molecule has 0 radical (unpaired) electrons. The van der Waals surface area contributed by atoms with Crippen molar-refractivity contribution >= 4 is 29.3 Å². The minimum absolute atomic E-state index is 0.107. The van der Waals surface area contributed by atoms with E-state index in [0.29, 0.717) is 23.4 Å². The molecule has 0 spiro atoms. The van der Waals surface area contributed by atoms with Crippen molar-refractivity contribution in [2.45, 2.75) is 26.8 Å². The monoisotopic (exact) mass is 293 g/mol. The van der Waals surface area contributed by atoms with Crippen LogP contribution in [-0.2, 0) is 9.53 Å². The average Bonchev–Trinajstić information content (AvgIpc) is 2.38. The number of halogens is 1. The van der Waals surface area contributed by atoms with Crippen LogP contribution >= 0.6 is 11.6 Å². The molecular formula is C14H16ClN3O2. The maximum atomic E-state index is 11.4. The van der Waals surface area contributed by atoms with Crippen molar-refractivity contribution in [2.24, 2.45) is 0 Å². The third kappa shape index (κ3) is 4.25. The lowest BCUT2D eigenvalue weighted by atomic mass is 10.1. The first-order chi connectivity index (χ1) is 9.49. The van der Waals surface area contributed by atoms with Gasteiger partial charge >= 0.3 is 5.97 Å². The van der Waals surface area contributed by atoms with Gasteiger partial charge in [-0.05, 0) is 26.8 Å². The molecule has 1 heterocycles. The van der Waals surface area contributed by atoms with Crippen LogP contribution in [-0.4, -0.2) is 23.6 Å². The SMILES string of the molecule is CCOC(=O)/C=C/c1c(Cl)ncc(C#N)c1NC(C)C. The van der Waals surface area contributed by atoms with Crippen molar-refractivity contribution in [1.82, 2.24) is 4.98 Å². The molecule has 0 aromatic carbocycles. The zero-order valence-corrected chi connectivity index (χ0v) is 12.4. The molecule has 6 heteroatoms. The largest absolute Gasteiger partial charge is 0.463 e. The van der Waals surface area contributed by atoms with Crippen molar-refractivity contribution < 1.29 is 9.53 Å². The predicted molar refractivity (Wildman–Crippen MR) is 78.4 cm³/mol. The fourth-order valence-corrected chi connectivity index (χ4v) is 1.73. The van der Waals surface area contributed by atoms with Gasteiger partial charge < -0.3 is 10.1 Å². The van der Waals surface area contributed by atoms with Crippen molar-refractivity contribution in [3.63, 3.8) is 0 Å². The van der Waals surface area contributed by atoms with E-state index in [1.54, 1.807) is 6.92 Å². The second-order valence-corrected chi connectivity index (χ2v) is 4.61. The summed E-state index contributed by atoms with van der Waals surface area (Å²) in [6.45, 7) is 5.90. The molecule has 0 saturated heterocycles. The number of nitrogens with zero attached hydrogens (tertiary/aromatic N) is 2. The smallest absolute Gasteiger partial charge is 0.330 e. The molecule has 1 rings (SSSR count). The number of nitrogens with one attached hydrogen (secondary N) is 1.